The van der Waals surface area contributed by atoms with E-state index in [1.165, 1.54) is 12.8 Å². The molecule has 0 spiro atoms. The van der Waals surface area contributed by atoms with Crippen LogP contribution in [-0.4, -0.2) is 29.0 Å². The van der Waals surface area contributed by atoms with Gasteiger partial charge in [-0.2, -0.15) is 0 Å². The summed E-state index contributed by atoms with van der Waals surface area (Å²) in [5.74, 6) is 0.925. The average Bonchev–Trinajstić information content (AvgIpc) is 2.98. The van der Waals surface area contributed by atoms with Gasteiger partial charge in [-0.25, -0.2) is 9.97 Å². The molecule has 1 N–H and O–H groups in total. The highest BCUT2D eigenvalue weighted by Gasteiger charge is 2.20. The predicted molar refractivity (Wildman–Crippen MR) is 85.7 cm³/mol. The van der Waals surface area contributed by atoms with Gasteiger partial charge in [-0.05, 0) is 39.5 Å². The minimum absolute atomic E-state index is 0.0575. The highest BCUT2D eigenvalue weighted by molar-refractivity contribution is 5.93. The second-order valence-electron chi connectivity index (χ2n) is 5.77. The van der Waals surface area contributed by atoms with Gasteiger partial charge in [0.15, 0.2) is 0 Å². The average molecular weight is 290 g/mol. The lowest BCUT2D eigenvalue weighted by Crippen LogP contribution is -2.25. The first-order valence-corrected chi connectivity index (χ1v) is 7.97. The van der Waals surface area contributed by atoms with Crippen molar-refractivity contribution in [2.24, 2.45) is 5.92 Å². The molecule has 1 fully saturated rings. The van der Waals surface area contributed by atoms with E-state index < -0.39 is 0 Å². The van der Waals surface area contributed by atoms with Crippen molar-refractivity contribution in [1.29, 1.82) is 0 Å². The highest BCUT2D eigenvalue weighted by Crippen LogP contribution is 2.23. The lowest BCUT2D eigenvalue weighted by Gasteiger charge is -2.19. The van der Waals surface area contributed by atoms with Crippen molar-refractivity contribution in [3.63, 3.8) is 0 Å². The number of hydrogen-bond acceptors (Lipinski definition) is 4. The van der Waals surface area contributed by atoms with Crippen molar-refractivity contribution in [2.45, 2.75) is 53.4 Å². The van der Waals surface area contributed by atoms with E-state index in [4.69, 9.17) is 0 Å². The van der Waals surface area contributed by atoms with Crippen LogP contribution in [-0.2, 0) is 4.79 Å². The number of aryl methyl sites for hydroxylation is 2. The fourth-order valence-corrected chi connectivity index (χ4v) is 2.82. The molecule has 2 heterocycles. The van der Waals surface area contributed by atoms with E-state index >= 15 is 0 Å². The molecule has 1 aliphatic heterocycles. The van der Waals surface area contributed by atoms with Gasteiger partial charge in [0.05, 0.1) is 17.1 Å². The molecule has 0 atom stereocenters. The zero-order chi connectivity index (χ0) is 15.4. The largest absolute Gasteiger partial charge is 0.341 e. The third-order valence-electron chi connectivity index (χ3n) is 4.25. The van der Waals surface area contributed by atoms with Crippen molar-refractivity contribution >= 4 is 17.5 Å². The predicted octanol–water partition coefficient (Wildman–Crippen LogP) is 3.07. The summed E-state index contributed by atoms with van der Waals surface area (Å²) in [6.45, 7) is 10.0. The number of nitrogens with one attached hydrogen (secondary N) is 1. The van der Waals surface area contributed by atoms with Gasteiger partial charge in [0.1, 0.15) is 0 Å². The molecule has 116 valence electrons. The minimum Gasteiger partial charge on any atom is -0.341 e. The second-order valence-corrected chi connectivity index (χ2v) is 5.77. The zero-order valence-corrected chi connectivity index (χ0v) is 13.6. The Balaban J connectivity index is 2.18. The standard InChI is InChI=1S/C16H26N4O/c1-5-13(6-2)15(21)19-14-11(3)17-16(18-12(14)4)20-9-7-8-10-20/h13H,5-10H2,1-4H3,(H,19,21). The van der Waals surface area contributed by atoms with Gasteiger partial charge in [0.2, 0.25) is 11.9 Å². The topological polar surface area (TPSA) is 58.1 Å². The molecule has 0 radical (unpaired) electrons. The Hall–Kier alpha value is -1.65. The van der Waals surface area contributed by atoms with Crippen LogP contribution in [0.3, 0.4) is 0 Å². The zero-order valence-electron chi connectivity index (χ0n) is 13.6. The number of rotatable bonds is 5. The van der Waals surface area contributed by atoms with E-state index in [2.05, 4.69) is 20.2 Å². The first kappa shape index (κ1) is 15.7. The number of hydrogen-bond donors (Lipinski definition) is 1. The maximum absolute atomic E-state index is 12.2. The Morgan fingerprint density at radius 3 is 2.14 bits per heavy atom. The monoisotopic (exact) mass is 290 g/mol. The van der Waals surface area contributed by atoms with Crippen LogP contribution in [0.5, 0.6) is 0 Å². The van der Waals surface area contributed by atoms with Gasteiger partial charge in [0, 0.05) is 19.0 Å². The molecule has 5 nitrogen and oxygen atoms in total. The van der Waals surface area contributed by atoms with E-state index in [-0.39, 0.29) is 11.8 Å². The van der Waals surface area contributed by atoms with Gasteiger partial charge in [-0.1, -0.05) is 13.8 Å². The summed E-state index contributed by atoms with van der Waals surface area (Å²) in [6, 6.07) is 0. The van der Waals surface area contributed by atoms with Crippen LogP contribution in [0.15, 0.2) is 0 Å². The number of amides is 1. The number of anilines is 2. The fourth-order valence-electron chi connectivity index (χ4n) is 2.82. The maximum atomic E-state index is 12.2. The molecule has 0 saturated carbocycles. The number of carbonyl (C=O) groups is 1. The molecule has 5 heteroatoms. The number of carbonyl (C=O) groups excluding carboxylic acids is 1. The second kappa shape index (κ2) is 6.87. The quantitative estimate of drug-likeness (QED) is 0.905. The molecule has 1 aromatic heterocycles. The SMILES string of the molecule is CCC(CC)C(=O)Nc1c(C)nc(N2CCCC2)nc1C. The lowest BCUT2D eigenvalue weighted by atomic mass is 10.0. The van der Waals surface area contributed by atoms with Crippen LogP contribution >= 0.6 is 0 Å². The van der Waals surface area contributed by atoms with Gasteiger partial charge in [0.25, 0.3) is 0 Å². The molecular formula is C16H26N4O. The van der Waals surface area contributed by atoms with Crippen LogP contribution in [0.25, 0.3) is 0 Å². The molecule has 21 heavy (non-hydrogen) atoms. The normalized spacial score (nSPS) is 14.8. The van der Waals surface area contributed by atoms with E-state index in [0.29, 0.717) is 0 Å². The number of aromatic nitrogens is 2. The molecule has 1 amide bonds. The first-order chi connectivity index (χ1) is 10.1. The summed E-state index contributed by atoms with van der Waals surface area (Å²) < 4.78 is 0. The summed E-state index contributed by atoms with van der Waals surface area (Å²) in [5, 5.41) is 3.02. The Morgan fingerprint density at radius 1 is 1.14 bits per heavy atom. The van der Waals surface area contributed by atoms with Gasteiger partial charge in [-0.15, -0.1) is 0 Å². The molecule has 1 saturated heterocycles. The van der Waals surface area contributed by atoms with E-state index in [1.54, 1.807) is 0 Å². The first-order valence-electron chi connectivity index (χ1n) is 7.97. The Morgan fingerprint density at radius 2 is 1.67 bits per heavy atom. The van der Waals surface area contributed by atoms with E-state index in [0.717, 1.165) is 49.0 Å². The van der Waals surface area contributed by atoms with Crippen LogP contribution in [0, 0.1) is 19.8 Å². The molecule has 0 unspecified atom stereocenters. The summed E-state index contributed by atoms with van der Waals surface area (Å²) in [7, 11) is 0. The van der Waals surface area contributed by atoms with Crippen LogP contribution in [0.1, 0.15) is 50.9 Å². The van der Waals surface area contributed by atoms with E-state index in [1.807, 2.05) is 27.7 Å². The molecule has 1 aromatic rings. The summed E-state index contributed by atoms with van der Waals surface area (Å²) in [4.78, 5) is 23.6. The van der Waals surface area contributed by atoms with Crippen LogP contribution in [0.2, 0.25) is 0 Å². The molecule has 0 aromatic carbocycles. The van der Waals surface area contributed by atoms with Gasteiger partial charge < -0.3 is 10.2 Å². The summed E-state index contributed by atoms with van der Waals surface area (Å²) in [5.41, 5.74) is 2.47. The van der Waals surface area contributed by atoms with Crippen molar-refractivity contribution in [2.75, 3.05) is 23.3 Å². The van der Waals surface area contributed by atoms with Gasteiger partial charge >= 0.3 is 0 Å². The Bertz CT molecular complexity index is 482. The third-order valence-corrected chi connectivity index (χ3v) is 4.25. The molecule has 2 rings (SSSR count). The summed E-state index contributed by atoms with van der Waals surface area (Å²) >= 11 is 0. The molecule has 0 aliphatic carbocycles. The maximum Gasteiger partial charge on any atom is 0.227 e. The van der Waals surface area contributed by atoms with Crippen molar-refractivity contribution in [3.8, 4) is 0 Å². The van der Waals surface area contributed by atoms with E-state index in [9.17, 15) is 4.79 Å². The Kier molecular flexibility index (Phi) is 5.15. The molecular weight excluding hydrogens is 264 g/mol. The van der Waals surface area contributed by atoms with Crippen molar-refractivity contribution in [3.05, 3.63) is 11.4 Å². The van der Waals surface area contributed by atoms with Crippen molar-refractivity contribution in [1.82, 2.24) is 9.97 Å². The smallest absolute Gasteiger partial charge is 0.227 e. The highest BCUT2D eigenvalue weighted by atomic mass is 16.1. The van der Waals surface area contributed by atoms with Crippen LogP contribution < -0.4 is 10.2 Å². The summed E-state index contributed by atoms with van der Waals surface area (Å²) in [6.07, 6.45) is 4.11. The van der Waals surface area contributed by atoms with Crippen molar-refractivity contribution < 1.29 is 4.79 Å². The number of nitrogens with zero attached hydrogens (tertiary/aromatic N) is 3. The Labute approximate surface area is 127 Å². The minimum atomic E-state index is 0.0575. The third kappa shape index (κ3) is 3.52. The molecule has 1 aliphatic rings. The molecule has 0 bridgehead atoms. The lowest BCUT2D eigenvalue weighted by molar-refractivity contribution is -0.120. The fraction of sp³-hybridized carbons (Fsp3) is 0.688. The van der Waals surface area contributed by atoms with Gasteiger partial charge in [-0.3, -0.25) is 4.79 Å². The van der Waals surface area contributed by atoms with Crippen LogP contribution in [0.4, 0.5) is 11.6 Å².